The summed E-state index contributed by atoms with van der Waals surface area (Å²) >= 11 is 0. The van der Waals surface area contributed by atoms with Crippen molar-refractivity contribution in [3.05, 3.63) is 40.4 Å². The number of nitrogens with zero attached hydrogens (tertiary/aromatic N) is 6. The predicted molar refractivity (Wildman–Crippen MR) is 62.0 cm³/mol. The molecule has 0 aliphatic heterocycles. The first-order chi connectivity index (χ1) is 8.27. The number of rotatable bonds is 1. The minimum atomic E-state index is -0.228. The van der Waals surface area contributed by atoms with Gasteiger partial charge in [-0.05, 0) is 18.6 Å². The van der Waals surface area contributed by atoms with Gasteiger partial charge in [0.2, 0.25) is 0 Å². The predicted octanol–water partition coefficient (Wildman–Crippen LogP) is -4.01. The Hall–Kier alpha value is -1.61. The van der Waals surface area contributed by atoms with Crippen LogP contribution in [0.5, 0.6) is 0 Å². The van der Waals surface area contributed by atoms with Crippen molar-refractivity contribution in [3.63, 3.8) is 0 Å². The summed E-state index contributed by atoms with van der Waals surface area (Å²) in [5, 5.41) is 14.0. The van der Waals surface area contributed by atoms with Crippen molar-refractivity contribution in [2.45, 2.75) is 6.92 Å². The summed E-state index contributed by atoms with van der Waals surface area (Å²) in [7, 11) is 0. The number of pyridine rings is 1. The van der Waals surface area contributed by atoms with E-state index in [0.29, 0.717) is 5.65 Å². The number of aromatic nitrogens is 6. The molecular formula is C10H9N6NaO2. The van der Waals surface area contributed by atoms with Gasteiger partial charge in [-0.3, -0.25) is 19.5 Å². The fourth-order valence-corrected chi connectivity index (χ4v) is 1.65. The zero-order chi connectivity index (χ0) is 11.8. The van der Waals surface area contributed by atoms with Gasteiger partial charge in [-0.15, -0.1) is 0 Å². The van der Waals surface area contributed by atoms with Crippen molar-refractivity contribution in [3.8, 4) is 11.4 Å². The second-order valence-corrected chi connectivity index (χ2v) is 3.56. The molecule has 9 heteroatoms. The molecular weight excluding hydrogens is 259 g/mol. The van der Waals surface area contributed by atoms with Gasteiger partial charge in [-0.25, -0.2) is 4.98 Å². The van der Waals surface area contributed by atoms with Crippen LogP contribution in [0.4, 0.5) is 0 Å². The van der Waals surface area contributed by atoms with Crippen molar-refractivity contribution in [1.29, 1.82) is 0 Å². The maximum atomic E-state index is 12.2. The molecule has 3 heterocycles. The van der Waals surface area contributed by atoms with Crippen LogP contribution in [0.15, 0.2) is 29.3 Å². The topological polar surface area (TPSA) is 119 Å². The molecule has 19 heavy (non-hydrogen) atoms. The average molecular weight is 268 g/mol. The zero-order valence-electron chi connectivity index (χ0n) is 10.4. The number of aryl methyl sites for hydroxylation is 1. The molecule has 3 aromatic heterocycles. The smallest absolute Gasteiger partial charge is 0.412 e. The van der Waals surface area contributed by atoms with Crippen LogP contribution >= 0.6 is 0 Å². The fourth-order valence-electron chi connectivity index (χ4n) is 1.65. The zero-order valence-corrected chi connectivity index (χ0v) is 12.4. The minimum Gasteiger partial charge on any atom is -0.412 e. The van der Waals surface area contributed by atoms with Gasteiger partial charge in [0.1, 0.15) is 5.65 Å². The third kappa shape index (κ3) is 2.56. The summed E-state index contributed by atoms with van der Waals surface area (Å²) in [6.07, 6.45) is 3.11. The molecule has 92 valence electrons. The van der Waals surface area contributed by atoms with Gasteiger partial charge in [0.05, 0.1) is 5.56 Å². The maximum absolute atomic E-state index is 12.2. The van der Waals surface area contributed by atoms with Crippen LogP contribution < -0.4 is 40.2 Å². The first kappa shape index (κ1) is 15.4. The molecule has 0 aromatic carbocycles. The number of fused-ring (bicyclic) bond motifs is 1. The molecule has 0 saturated carbocycles. The second-order valence-electron chi connectivity index (χ2n) is 3.56. The Bertz CT molecular complexity index is 739. The molecule has 0 unspecified atom stereocenters. The summed E-state index contributed by atoms with van der Waals surface area (Å²) in [5.41, 5.74) is 1.61. The molecule has 0 amide bonds. The fraction of sp³-hybridized carbons (Fsp3) is 0.100. The SMILES string of the molecule is Cc1cccn2c(=O)c(-c3nnn[n-]3)cnc12.O.[Na+]. The van der Waals surface area contributed by atoms with Gasteiger partial charge in [0.25, 0.3) is 5.56 Å². The van der Waals surface area contributed by atoms with Crippen LogP contribution in [-0.4, -0.2) is 30.4 Å². The Kier molecular flexibility index (Phi) is 4.90. The minimum absolute atomic E-state index is 0. The maximum Gasteiger partial charge on any atom is 1.00 e. The van der Waals surface area contributed by atoms with Crippen LogP contribution in [0, 0.1) is 6.92 Å². The quantitative estimate of drug-likeness (QED) is 0.415. The molecule has 2 N–H and O–H groups in total. The molecule has 0 atom stereocenters. The van der Waals surface area contributed by atoms with Crippen LogP contribution in [0.25, 0.3) is 17.0 Å². The Morgan fingerprint density at radius 3 is 2.84 bits per heavy atom. The van der Waals surface area contributed by atoms with E-state index < -0.39 is 0 Å². The van der Waals surface area contributed by atoms with E-state index in [4.69, 9.17) is 0 Å². The van der Waals surface area contributed by atoms with E-state index in [1.165, 1.54) is 10.6 Å². The Morgan fingerprint density at radius 1 is 1.37 bits per heavy atom. The Labute approximate surface area is 129 Å². The first-order valence-electron chi connectivity index (χ1n) is 4.93. The Morgan fingerprint density at radius 2 is 2.16 bits per heavy atom. The van der Waals surface area contributed by atoms with E-state index in [1.54, 1.807) is 12.3 Å². The summed E-state index contributed by atoms with van der Waals surface area (Å²) in [6, 6.07) is 3.68. The third-order valence-electron chi connectivity index (χ3n) is 2.49. The van der Waals surface area contributed by atoms with Crippen molar-refractivity contribution in [1.82, 2.24) is 30.0 Å². The molecule has 0 radical (unpaired) electrons. The molecule has 3 aromatic rings. The van der Waals surface area contributed by atoms with E-state index in [9.17, 15) is 4.79 Å². The van der Waals surface area contributed by atoms with Gasteiger partial charge in [-0.1, -0.05) is 6.07 Å². The summed E-state index contributed by atoms with van der Waals surface area (Å²) < 4.78 is 1.46. The molecule has 0 aliphatic carbocycles. The average Bonchev–Trinajstić information content (AvgIpc) is 2.84. The molecule has 0 aliphatic rings. The van der Waals surface area contributed by atoms with Gasteiger partial charge in [-0.2, -0.15) is 5.21 Å². The van der Waals surface area contributed by atoms with E-state index in [1.807, 2.05) is 13.0 Å². The van der Waals surface area contributed by atoms with Gasteiger partial charge >= 0.3 is 29.6 Å². The van der Waals surface area contributed by atoms with Crippen molar-refractivity contribution < 1.29 is 35.0 Å². The third-order valence-corrected chi connectivity index (χ3v) is 2.49. The van der Waals surface area contributed by atoms with Gasteiger partial charge in [0.15, 0.2) is 0 Å². The number of hydrogen-bond acceptors (Lipinski definition) is 5. The van der Waals surface area contributed by atoms with Crippen molar-refractivity contribution in [2.24, 2.45) is 0 Å². The summed E-state index contributed by atoms with van der Waals surface area (Å²) in [4.78, 5) is 16.4. The van der Waals surface area contributed by atoms with E-state index in [2.05, 4.69) is 25.6 Å². The summed E-state index contributed by atoms with van der Waals surface area (Å²) in [5.74, 6) is 0.193. The molecule has 8 nitrogen and oxygen atoms in total. The van der Waals surface area contributed by atoms with Crippen LogP contribution in [0.1, 0.15) is 5.56 Å². The van der Waals surface area contributed by atoms with Crippen molar-refractivity contribution >= 4 is 5.65 Å². The normalized spacial score (nSPS) is 9.74. The first-order valence-corrected chi connectivity index (χ1v) is 4.93. The largest absolute Gasteiger partial charge is 1.00 e. The van der Waals surface area contributed by atoms with E-state index in [-0.39, 0.29) is 52.0 Å². The van der Waals surface area contributed by atoms with Gasteiger partial charge < -0.3 is 10.6 Å². The van der Waals surface area contributed by atoms with Gasteiger partial charge in [0, 0.05) is 18.2 Å². The van der Waals surface area contributed by atoms with Crippen molar-refractivity contribution in [2.75, 3.05) is 0 Å². The van der Waals surface area contributed by atoms with Crippen LogP contribution in [0.2, 0.25) is 0 Å². The second kappa shape index (κ2) is 6.02. The monoisotopic (exact) mass is 268 g/mol. The number of hydrogen-bond donors (Lipinski definition) is 0. The molecule has 0 bridgehead atoms. The van der Waals surface area contributed by atoms with Crippen LogP contribution in [-0.2, 0) is 0 Å². The molecule has 0 spiro atoms. The van der Waals surface area contributed by atoms with E-state index in [0.717, 1.165) is 5.56 Å². The van der Waals surface area contributed by atoms with Crippen LogP contribution in [0.3, 0.4) is 0 Å². The molecule has 0 fully saturated rings. The molecule has 0 saturated heterocycles. The Balaban J connectivity index is 0.000000902. The van der Waals surface area contributed by atoms with E-state index >= 15 is 0 Å². The number of tetrazole rings is 1. The molecule has 3 rings (SSSR count). The summed E-state index contributed by atoms with van der Waals surface area (Å²) in [6.45, 7) is 1.89. The standard InChI is InChI=1S/C10H7N6O.Na.H2O/c1-6-3-2-4-16-9(6)11-5-7(10(16)17)8-12-14-15-13-8;;/h2-5H,1H3;;1H2/q-1;+1;.